The second kappa shape index (κ2) is 6.40. The van der Waals surface area contributed by atoms with Gasteiger partial charge in [0.1, 0.15) is 6.04 Å². The van der Waals surface area contributed by atoms with Crippen LogP contribution < -0.4 is 5.73 Å². The largest absolute Gasteiger partial charge is 0.468 e. The van der Waals surface area contributed by atoms with Crippen molar-refractivity contribution in [3.8, 4) is 0 Å². The number of ether oxygens (including phenoxy) is 1. The van der Waals surface area contributed by atoms with Crippen molar-refractivity contribution in [1.82, 2.24) is 0 Å². The number of hydrogen-bond donors (Lipinski definition) is 1. The van der Waals surface area contributed by atoms with Crippen molar-refractivity contribution in [3.05, 3.63) is 35.9 Å². The Morgan fingerprint density at radius 1 is 1.57 bits per heavy atom. The van der Waals surface area contributed by atoms with Crippen molar-refractivity contribution in [2.24, 2.45) is 5.73 Å². The first-order valence-corrected chi connectivity index (χ1v) is 3.91. The molecular formula is C10H14ClNO2. The Labute approximate surface area is 93.9 Å². The third-order valence-electron chi connectivity index (χ3n) is 1.70. The van der Waals surface area contributed by atoms with E-state index in [-0.39, 0.29) is 18.8 Å². The van der Waals surface area contributed by atoms with E-state index in [2.05, 4.69) is 4.74 Å². The minimum Gasteiger partial charge on any atom is -0.468 e. The molecule has 0 saturated carbocycles. The molecule has 78 valence electrons. The molecule has 0 aliphatic carbocycles. The average Bonchev–Trinajstić information content (AvgIpc) is 2.16. The molecule has 0 aliphatic rings. The summed E-state index contributed by atoms with van der Waals surface area (Å²) in [7, 11) is -2.73. The highest BCUT2D eigenvalue weighted by Gasteiger charge is 2.13. The van der Waals surface area contributed by atoms with Gasteiger partial charge in [-0.25, -0.2) is 0 Å². The lowest BCUT2D eigenvalue weighted by molar-refractivity contribution is -0.142. The highest BCUT2D eigenvalue weighted by molar-refractivity contribution is 5.85. The number of hydrogen-bond acceptors (Lipinski definition) is 3. The van der Waals surface area contributed by atoms with Crippen molar-refractivity contribution in [3.63, 3.8) is 0 Å². The molecule has 0 amide bonds. The van der Waals surface area contributed by atoms with E-state index in [4.69, 9.17) is 9.85 Å². The van der Waals surface area contributed by atoms with E-state index in [9.17, 15) is 4.79 Å². The van der Waals surface area contributed by atoms with Gasteiger partial charge in [0, 0.05) is 0 Å². The van der Waals surface area contributed by atoms with Crippen LogP contribution in [0.2, 0.25) is 0 Å². The summed E-state index contributed by atoms with van der Waals surface area (Å²) >= 11 is 0. The number of rotatable bonds is 3. The van der Waals surface area contributed by atoms with E-state index < -0.39 is 19.0 Å². The fraction of sp³-hybridized carbons (Fsp3) is 0.300. The molecule has 14 heavy (non-hydrogen) atoms. The van der Waals surface area contributed by atoms with E-state index in [1.807, 2.05) is 30.3 Å². The van der Waals surface area contributed by atoms with Gasteiger partial charge in [0.15, 0.2) is 0 Å². The third-order valence-corrected chi connectivity index (χ3v) is 1.70. The molecule has 0 bridgehead atoms. The maximum atomic E-state index is 11.3. The molecule has 0 heterocycles. The van der Waals surface area contributed by atoms with Crippen molar-refractivity contribution in [2.45, 2.75) is 12.5 Å². The number of halogens is 1. The summed E-state index contributed by atoms with van der Waals surface area (Å²) in [5.41, 5.74) is 6.39. The first-order chi connectivity index (χ1) is 7.38. The fourth-order valence-corrected chi connectivity index (χ4v) is 1.03. The number of methoxy groups -OCH3 is 1. The maximum Gasteiger partial charge on any atom is 0.322 e. The summed E-state index contributed by atoms with van der Waals surface area (Å²) < 4.78 is 24.5. The summed E-state index contributed by atoms with van der Waals surface area (Å²) in [5.74, 6) is -0.913. The molecule has 3 nitrogen and oxygen atoms in total. The molecule has 1 rings (SSSR count). The van der Waals surface area contributed by atoms with Crippen molar-refractivity contribution in [2.75, 3.05) is 7.04 Å². The van der Waals surface area contributed by atoms with E-state index in [0.29, 0.717) is 0 Å². The highest BCUT2D eigenvalue weighted by atomic mass is 35.5. The molecule has 0 aliphatic heterocycles. The Morgan fingerprint density at radius 2 is 2.21 bits per heavy atom. The molecule has 2 N–H and O–H groups in total. The average molecular weight is 219 g/mol. The van der Waals surface area contributed by atoms with Gasteiger partial charge in [-0.05, 0) is 12.0 Å². The van der Waals surface area contributed by atoms with Gasteiger partial charge in [-0.15, -0.1) is 12.4 Å². The highest BCUT2D eigenvalue weighted by Crippen LogP contribution is 2.02. The Balaban J connectivity index is 0.00000256. The van der Waals surface area contributed by atoms with Crippen molar-refractivity contribution < 1.29 is 13.6 Å². The predicted molar refractivity (Wildman–Crippen MR) is 57.4 cm³/mol. The lowest BCUT2D eigenvalue weighted by Crippen LogP contribution is -2.33. The lowest BCUT2D eigenvalue weighted by atomic mass is 10.1. The quantitative estimate of drug-likeness (QED) is 0.775. The zero-order chi connectivity index (χ0) is 12.2. The molecular weight excluding hydrogens is 202 g/mol. The summed E-state index contributed by atoms with van der Waals surface area (Å²) in [5, 5.41) is 0. The van der Waals surface area contributed by atoms with Gasteiger partial charge in [0.25, 0.3) is 0 Å². The van der Waals surface area contributed by atoms with Gasteiger partial charge in [0.05, 0.1) is 11.2 Å². The fourth-order valence-electron chi connectivity index (χ4n) is 1.03. The second-order valence-corrected chi connectivity index (χ2v) is 2.72. The summed E-state index contributed by atoms with van der Waals surface area (Å²) in [4.78, 5) is 11.3. The van der Waals surface area contributed by atoms with Crippen molar-refractivity contribution >= 4 is 18.4 Å². The maximum absolute atomic E-state index is 11.3. The SMILES string of the molecule is Cl.[2H]C([2H])([2H])OC(=O)[C@H](N)Cc1ccccc1. The molecule has 0 saturated heterocycles. The van der Waals surface area contributed by atoms with Crippen LogP contribution in [0.5, 0.6) is 0 Å². The van der Waals surface area contributed by atoms with E-state index in [1.165, 1.54) is 0 Å². The van der Waals surface area contributed by atoms with Gasteiger partial charge in [-0.1, -0.05) is 30.3 Å². The van der Waals surface area contributed by atoms with Crippen LogP contribution >= 0.6 is 12.4 Å². The van der Waals surface area contributed by atoms with Gasteiger partial charge in [0.2, 0.25) is 0 Å². The zero-order valence-corrected chi connectivity index (χ0v) is 8.29. The Morgan fingerprint density at radius 3 is 2.79 bits per heavy atom. The van der Waals surface area contributed by atoms with E-state index in [0.717, 1.165) is 5.56 Å². The monoisotopic (exact) mass is 218 g/mol. The van der Waals surface area contributed by atoms with Gasteiger partial charge >= 0.3 is 5.97 Å². The molecule has 0 spiro atoms. The number of nitrogens with two attached hydrogens (primary N) is 1. The van der Waals surface area contributed by atoms with Crippen LogP contribution in [0.15, 0.2) is 30.3 Å². The van der Waals surface area contributed by atoms with Gasteiger partial charge in [-0.2, -0.15) is 0 Å². The minimum atomic E-state index is -2.73. The molecule has 0 fully saturated rings. The first-order valence-electron chi connectivity index (χ1n) is 5.41. The van der Waals surface area contributed by atoms with Crippen LogP contribution in [0, 0.1) is 0 Å². The summed E-state index contributed by atoms with van der Waals surface area (Å²) in [6, 6.07) is 8.14. The van der Waals surface area contributed by atoms with E-state index in [1.54, 1.807) is 0 Å². The van der Waals surface area contributed by atoms with Crippen LogP contribution in [0.1, 0.15) is 9.68 Å². The van der Waals surface area contributed by atoms with Crippen LogP contribution in [-0.2, 0) is 16.0 Å². The molecule has 1 aromatic rings. The lowest BCUT2D eigenvalue weighted by Gasteiger charge is -2.08. The first kappa shape index (κ1) is 8.26. The Bertz CT molecular complexity index is 356. The number of benzene rings is 1. The Hall–Kier alpha value is -1.06. The molecule has 1 atom stereocenters. The summed E-state index contributed by atoms with van der Waals surface area (Å²) in [6.07, 6.45) is 0.260. The van der Waals surface area contributed by atoms with E-state index >= 15 is 0 Å². The summed E-state index contributed by atoms with van der Waals surface area (Å²) in [6.45, 7) is 0. The number of carbonyl (C=O) groups excluding carboxylic acids is 1. The van der Waals surface area contributed by atoms with Gasteiger partial charge in [-0.3, -0.25) is 4.79 Å². The second-order valence-electron chi connectivity index (χ2n) is 2.72. The Kier molecular flexibility index (Phi) is 3.78. The number of esters is 1. The van der Waals surface area contributed by atoms with Crippen LogP contribution in [-0.4, -0.2) is 19.0 Å². The smallest absolute Gasteiger partial charge is 0.322 e. The molecule has 1 aromatic carbocycles. The van der Waals surface area contributed by atoms with Crippen molar-refractivity contribution in [1.29, 1.82) is 0 Å². The molecule has 0 aromatic heterocycles. The number of carbonyl (C=O) groups is 1. The zero-order valence-electron chi connectivity index (χ0n) is 10.5. The molecule has 4 heteroatoms. The molecule has 0 radical (unpaired) electrons. The topological polar surface area (TPSA) is 52.3 Å². The van der Waals surface area contributed by atoms with Crippen LogP contribution in [0.4, 0.5) is 0 Å². The normalized spacial score (nSPS) is 15.4. The molecule has 0 unspecified atom stereocenters. The van der Waals surface area contributed by atoms with Crippen LogP contribution in [0.3, 0.4) is 0 Å². The third kappa shape index (κ3) is 3.77. The minimum absolute atomic E-state index is 0. The van der Waals surface area contributed by atoms with Gasteiger partial charge < -0.3 is 10.5 Å². The predicted octanol–water partition coefficient (Wildman–Crippen LogP) is 1.15. The standard InChI is InChI=1S/C10H13NO2.ClH/c1-13-10(12)9(11)7-8-5-3-2-4-6-8;/h2-6,9H,7,11H2,1H3;1H/t9-;/m1./s1/i1D3;. The van der Waals surface area contributed by atoms with Crippen LogP contribution in [0.25, 0.3) is 0 Å².